The first-order valence-electron chi connectivity index (χ1n) is 7.52. The SMILES string of the molecule is Cn1nc(CC(N)CCC2CCCO2)c2ccccc21. The van der Waals surface area contributed by atoms with Crippen molar-refractivity contribution in [2.24, 2.45) is 12.8 Å². The van der Waals surface area contributed by atoms with Crippen molar-refractivity contribution in [2.75, 3.05) is 6.61 Å². The van der Waals surface area contributed by atoms with Crippen LogP contribution in [0.15, 0.2) is 24.3 Å². The summed E-state index contributed by atoms with van der Waals surface area (Å²) in [7, 11) is 1.99. The fraction of sp³-hybridized carbons (Fsp3) is 0.562. The van der Waals surface area contributed by atoms with Gasteiger partial charge in [0.15, 0.2) is 0 Å². The number of hydrogen-bond acceptors (Lipinski definition) is 3. The lowest BCUT2D eigenvalue weighted by molar-refractivity contribution is 0.101. The summed E-state index contributed by atoms with van der Waals surface area (Å²) in [6.07, 6.45) is 5.75. The Morgan fingerprint density at radius 3 is 3.10 bits per heavy atom. The molecule has 2 heterocycles. The van der Waals surface area contributed by atoms with Gasteiger partial charge in [-0.15, -0.1) is 0 Å². The maximum Gasteiger partial charge on any atom is 0.0718 e. The molecule has 1 saturated heterocycles. The van der Waals surface area contributed by atoms with Crippen molar-refractivity contribution < 1.29 is 4.74 Å². The lowest BCUT2D eigenvalue weighted by Crippen LogP contribution is -2.25. The van der Waals surface area contributed by atoms with Crippen LogP contribution in [0.1, 0.15) is 31.4 Å². The van der Waals surface area contributed by atoms with E-state index >= 15 is 0 Å². The normalized spacial score (nSPS) is 20.6. The number of hydrogen-bond donors (Lipinski definition) is 1. The van der Waals surface area contributed by atoms with Crippen LogP contribution in [0.5, 0.6) is 0 Å². The number of nitrogens with two attached hydrogens (primary N) is 1. The van der Waals surface area contributed by atoms with Gasteiger partial charge in [-0.1, -0.05) is 18.2 Å². The van der Waals surface area contributed by atoms with E-state index in [0.29, 0.717) is 6.10 Å². The van der Waals surface area contributed by atoms with Crippen LogP contribution in [0.3, 0.4) is 0 Å². The average molecular weight is 273 g/mol. The lowest BCUT2D eigenvalue weighted by atomic mass is 10.0. The smallest absolute Gasteiger partial charge is 0.0718 e. The summed E-state index contributed by atoms with van der Waals surface area (Å²) in [6.45, 7) is 0.921. The third kappa shape index (κ3) is 2.86. The molecule has 2 N–H and O–H groups in total. The van der Waals surface area contributed by atoms with E-state index in [-0.39, 0.29) is 6.04 Å². The highest BCUT2D eigenvalue weighted by Gasteiger charge is 2.18. The summed E-state index contributed by atoms with van der Waals surface area (Å²) in [5.41, 5.74) is 8.57. The first-order valence-corrected chi connectivity index (χ1v) is 7.52. The van der Waals surface area contributed by atoms with Crippen molar-refractivity contribution in [3.8, 4) is 0 Å². The Hall–Kier alpha value is -1.39. The van der Waals surface area contributed by atoms with E-state index in [1.165, 1.54) is 23.7 Å². The molecule has 0 aliphatic carbocycles. The Morgan fingerprint density at radius 2 is 2.30 bits per heavy atom. The molecular formula is C16H23N3O. The van der Waals surface area contributed by atoms with E-state index in [4.69, 9.17) is 10.5 Å². The second-order valence-corrected chi connectivity index (χ2v) is 5.76. The Morgan fingerprint density at radius 1 is 1.45 bits per heavy atom. The molecule has 0 spiro atoms. The van der Waals surface area contributed by atoms with Gasteiger partial charge in [0.1, 0.15) is 0 Å². The van der Waals surface area contributed by atoms with Gasteiger partial charge in [0.2, 0.25) is 0 Å². The molecule has 0 saturated carbocycles. The zero-order valence-electron chi connectivity index (χ0n) is 12.1. The van der Waals surface area contributed by atoms with Crippen LogP contribution < -0.4 is 5.73 Å². The van der Waals surface area contributed by atoms with Gasteiger partial charge in [-0.3, -0.25) is 4.68 Å². The van der Waals surface area contributed by atoms with E-state index in [9.17, 15) is 0 Å². The number of rotatable bonds is 5. The Labute approximate surface area is 119 Å². The van der Waals surface area contributed by atoms with Crippen LogP contribution >= 0.6 is 0 Å². The van der Waals surface area contributed by atoms with Crippen LogP contribution in [0, 0.1) is 0 Å². The van der Waals surface area contributed by atoms with Gasteiger partial charge in [0, 0.05) is 31.5 Å². The Bertz CT molecular complexity index is 572. The average Bonchev–Trinajstić information content (AvgIpc) is 3.07. The Kier molecular flexibility index (Phi) is 4.03. The minimum atomic E-state index is 0.164. The van der Waals surface area contributed by atoms with Gasteiger partial charge in [0.25, 0.3) is 0 Å². The third-order valence-corrected chi connectivity index (χ3v) is 4.17. The zero-order chi connectivity index (χ0) is 13.9. The molecule has 2 aromatic rings. The molecule has 0 bridgehead atoms. The maximum absolute atomic E-state index is 6.28. The van der Waals surface area contributed by atoms with Crippen LogP contribution in [-0.4, -0.2) is 28.5 Å². The standard InChI is InChI=1S/C16H23N3O/c1-19-16-7-3-2-6-14(16)15(18-19)11-12(17)8-9-13-5-4-10-20-13/h2-3,6-7,12-13H,4-5,8-11,17H2,1H3. The second kappa shape index (κ2) is 5.94. The summed E-state index contributed by atoms with van der Waals surface area (Å²) < 4.78 is 7.59. The van der Waals surface area contributed by atoms with Crippen molar-refractivity contribution >= 4 is 10.9 Å². The van der Waals surface area contributed by atoms with Gasteiger partial charge in [0.05, 0.1) is 17.3 Å². The van der Waals surface area contributed by atoms with Gasteiger partial charge in [-0.2, -0.15) is 5.10 Å². The topological polar surface area (TPSA) is 53.1 Å². The molecule has 1 aromatic heterocycles. The van der Waals surface area contributed by atoms with E-state index in [1.807, 2.05) is 17.8 Å². The molecular weight excluding hydrogens is 250 g/mol. The molecule has 1 aliphatic heterocycles. The predicted molar refractivity (Wildman–Crippen MR) is 80.6 cm³/mol. The van der Waals surface area contributed by atoms with Crippen LogP contribution in [0.4, 0.5) is 0 Å². The number of benzene rings is 1. The van der Waals surface area contributed by atoms with Crippen LogP contribution in [0.2, 0.25) is 0 Å². The van der Waals surface area contributed by atoms with Crippen LogP contribution in [-0.2, 0) is 18.2 Å². The number of aryl methyl sites for hydroxylation is 1. The largest absolute Gasteiger partial charge is 0.378 e. The van der Waals surface area contributed by atoms with Crippen molar-refractivity contribution in [1.29, 1.82) is 0 Å². The second-order valence-electron chi connectivity index (χ2n) is 5.76. The lowest BCUT2D eigenvalue weighted by Gasteiger charge is -2.13. The van der Waals surface area contributed by atoms with E-state index in [2.05, 4.69) is 23.3 Å². The fourth-order valence-corrected chi connectivity index (χ4v) is 3.06. The molecule has 1 aliphatic rings. The van der Waals surface area contributed by atoms with Gasteiger partial charge >= 0.3 is 0 Å². The quantitative estimate of drug-likeness (QED) is 0.910. The summed E-state index contributed by atoms with van der Waals surface area (Å²) in [5.74, 6) is 0. The monoisotopic (exact) mass is 273 g/mol. The first-order chi connectivity index (χ1) is 9.74. The summed E-state index contributed by atoms with van der Waals surface area (Å²) in [5, 5.41) is 5.84. The first kappa shape index (κ1) is 13.6. The summed E-state index contributed by atoms with van der Waals surface area (Å²) in [4.78, 5) is 0. The van der Waals surface area contributed by atoms with Crippen molar-refractivity contribution in [2.45, 2.75) is 44.2 Å². The van der Waals surface area contributed by atoms with E-state index < -0.39 is 0 Å². The fourth-order valence-electron chi connectivity index (χ4n) is 3.06. The minimum Gasteiger partial charge on any atom is -0.378 e. The van der Waals surface area contributed by atoms with Gasteiger partial charge in [-0.25, -0.2) is 0 Å². The van der Waals surface area contributed by atoms with Gasteiger partial charge < -0.3 is 10.5 Å². The highest BCUT2D eigenvalue weighted by atomic mass is 16.5. The molecule has 4 heteroatoms. The minimum absolute atomic E-state index is 0.164. The maximum atomic E-state index is 6.28. The number of aromatic nitrogens is 2. The third-order valence-electron chi connectivity index (χ3n) is 4.17. The molecule has 4 nitrogen and oxygen atoms in total. The molecule has 3 rings (SSSR count). The molecule has 2 unspecified atom stereocenters. The van der Waals surface area contributed by atoms with Crippen LogP contribution in [0.25, 0.3) is 10.9 Å². The zero-order valence-corrected chi connectivity index (χ0v) is 12.1. The van der Waals surface area contributed by atoms with E-state index in [0.717, 1.165) is 31.6 Å². The van der Waals surface area contributed by atoms with E-state index in [1.54, 1.807) is 0 Å². The molecule has 1 fully saturated rings. The van der Waals surface area contributed by atoms with Crippen molar-refractivity contribution in [1.82, 2.24) is 9.78 Å². The Balaban J connectivity index is 1.63. The highest BCUT2D eigenvalue weighted by molar-refractivity contribution is 5.81. The predicted octanol–water partition coefficient (Wildman–Crippen LogP) is 2.40. The number of ether oxygens (including phenoxy) is 1. The summed E-state index contributed by atoms with van der Waals surface area (Å²) in [6, 6.07) is 8.50. The summed E-state index contributed by atoms with van der Waals surface area (Å²) >= 11 is 0. The molecule has 108 valence electrons. The number of fused-ring (bicyclic) bond motifs is 1. The molecule has 20 heavy (non-hydrogen) atoms. The van der Waals surface area contributed by atoms with Crippen molar-refractivity contribution in [3.05, 3.63) is 30.0 Å². The molecule has 0 radical (unpaired) electrons. The van der Waals surface area contributed by atoms with Crippen molar-refractivity contribution in [3.63, 3.8) is 0 Å². The molecule has 1 aromatic carbocycles. The number of nitrogens with zero attached hydrogens (tertiary/aromatic N) is 2. The van der Waals surface area contributed by atoms with Gasteiger partial charge in [-0.05, 0) is 31.7 Å². The molecule has 0 amide bonds. The molecule has 2 atom stereocenters. The highest BCUT2D eigenvalue weighted by Crippen LogP contribution is 2.21. The number of para-hydroxylation sites is 1.